The van der Waals surface area contributed by atoms with E-state index in [4.69, 9.17) is 14.2 Å². The van der Waals surface area contributed by atoms with Gasteiger partial charge in [0.25, 0.3) is 0 Å². The first-order valence-corrected chi connectivity index (χ1v) is 12.5. The van der Waals surface area contributed by atoms with E-state index in [1.165, 1.54) is 19.2 Å². The maximum Gasteiger partial charge on any atom is 0.308 e. The van der Waals surface area contributed by atoms with Crippen LogP contribution in [0.5, 0.6) is 0 Å². The Balaban J connectivity index is 2.86. The lowest BCUT2D eigenvalue weighted by Gasteiger charge is -2.30. The van der Waals surface area contributed by atoms with Gasteiger partial charge < -0.3 is 14.4 Å². The fraction of sp³-hybridized carbons (Fsp3) is 0.520. The third-order valence-corrected chi connectivity index (χ3v) is 6.97. The highest BCUT2D eigenvalue weighted by Crippen LogP contribution is 2.50. The van der Waals surface area contributed by atoms with Crippen molar-refractivity contribution < 1.29 is 28.1 Å². The molecule has 0 spiro atoms. The first-order valence-electron chi connectivity index (χ1n) is 11.1. The molecule has 1 N–H and O–H groups in total. The highest BCUT2D eigenvalue weighted by Gasteiger charge is 2.36. The average molecular weight is 480 g/mol. The van der Waals surface area contributed by atoms with Crippen LogP contribution in [0.1, 0.15) is 76.5 Å². The van der Waals surface area contributed by atoms with Crippen molar-refractivity contribution in [2.45, 2.75) is 71.1 Å². The normalized spacial score (nSPS) is 14.7. The van der Waals surface area contributed by atoms with Crippen LogP contribution in [0.3, 0.4) is 0 Å². The summed E-state index contributed by atoms with van der Waals surface area (Å²) in [6.45, 7) is 11.9. The van der Waals surface area contributed by atoms with Gasteiger partial charge in [0.05, 0.1) is 24.8 Å². The number of aromatic nitrogens is 1. The summed E-state index contributed by atoms with van der Waals surface area (Å²) < 4.78 is 37.1. The van der Waals surface area contributed by atoms with E-state index in [0.29, 0.717) is 22.4 Å². The Kier molecular flexibility index (Phi) is 9.36. The maximum atomic E-state index is 13.7. The molecule has 1 heterocycles. The molecule has 6 nitrogen and oxygen atoms in total. The fourth-order valence-corrected chi connectivity index (χ4v) is 4.92. The van der Waals surface area contributed by atoms with Crippen molar-refractivity contribution in [2.75, 3.05) is 13.7 Å². The van der Waals surface area contributed by atoms with Gasteiger partial charge in [-0.05, 0) is 47.7 Å². The SMILES string of the molecule is CCOC(=O)CC(O)C(c1c(-c2ccc(F)cc2)cc(C(C)(C)C)nc1C(C)C)[PH](=O)OC. The van der Waals surface area contributed by atoms with Crippen LogP contribution < -0.4 is 0 Å². The summed E-state index contributed by atoms with van der Waals surface area (Å²) in [4.78, 5) is 17.0. The monoisotopic (exact) mass is 479 g/mol. The molecule has 0 bridgehead atoms. The van der Waals surface area contributed by atoms with E-state index in [9.17, 15) is 18.9 Å². The van der Waals surface area contributed by atoms with Gasteiger partial charge in [-0.3, -0.25) is 14.3 Å². The number of carbonyl (C=O) groups is 1. The summed E-state index contributed by atoms with van der Waals surface area (Å²) >= 11 is 0. The lowest BCUT2D eigenvalue weighted by atomic mass is 9.84. The molecule has 3 atom stereocenters. The van der Waals surface area contributed by atoms with Crippen molar-refractivity contribution in [3.63, 3.8) is 0 Å². The number of nitrogens with zero attached hydrogens (tertiary/aromatic N) is 1. The molecule has 0 aliphatic heterocycles. The largest absolute Gasteiger partial charge is 0.466 e. The maximum absolute atomic E-state index is 13.7. The quantitative estimate of drug-likeness (QED) is 0.362. The van der Waals surface area contributed by atoms with E-state index in [1.54, 1.807) is 19.1 Å². The van der Waals surface area contributed by atoms with Crippen LogP contribution in [-0.4, -0.2) is 35.9 Å². The van der Waals surface area contributed by atoms with Gasteiger partial charge in [0.2, 0.25) is 8.03 Å². The Bertz CT molecular complexity index is 986. The second-order valence-electron chi connectivity index (χ2n) is 9.34. The molecule has 3 unspecified atom stereocenters. The van der Waals surface area contributed by atoms with Crippen LogP contribution in [-0.2, 0) is 24.0 Å². The molecule has 182 valence electrons. The molecule has 33 heavy (non-hydrogen) atoms. The Hall–Kier alpha value is -2.08. The van der Waals surface area contributed by atoms with Gasteiger partial charge >= 0.3 is 5.97 Å². The lowest BCUT2D eigenvalue weighted by molar-refractivity contribution is -0.145. The zero-order valence-electron chi connectivity index (χ0n) is 20.4. The number of benzene rings is 1. The molecular formula is C25H35FNO5P. The first kappa shape index (κ1) is 27.2. The van der Waals surface area contributed by atoms with Gasteiger partial charge in [-0.15, -0.1) is 0 Å². The lowest BCUT2D eigenvalue weighted by Crippen LogP contribution is -2.25. The average Bonchev–Trinajstić information content (AvgIpc) is 2.73. The molecule has 0 saturated carbocycles. The zero-order valence-corrected chi connectivity index (χ0v) is 21.4. The van der Waals surface area contributed by atoms with Crippen LogP contribution in [0, 0.1) is 5.82 Å². The number of aliphatic hydroxyl groups excluding tert-OH is 1. The van der Waals surface area contributed by atoms with Crippen molar-refractivity contribution in [1.82, 2.24) is 4.98 Å². The minimum atomic E-state index is -2.84. The van der Waals surface area contributed by atoms with Crippen molar-refractivity contribution in [1.29, 1.82) is 0 Å². The van der Waals surface area contributed by atoms with Crippen LogP contribution in [0.4, 0.5) is 4.39 Å². The van der Waals surface area contributed by atoms with Gasteiger partial charge in [0.15, 0.2) is 0 Å². The van der Waals surface area contributed by atoms with E-state index < -0.39 is 25.8 Å². The van der Waals surface area contributed by atoms with Crippen molar-refractivity contribution in [3.05, 3.63) is 53.1 Å². The Morgan fingerprint density at radius 1 is 1.21 bits per heavy atom. The van der Waals surface area contributed by atoms with E-state index in [1.807, 2.05) is 40.7 Å². The van der Waals surface area contributed by atoms with Crippen molar-refractivity contribution in [3.8, 4) is 11.1 Å². The first-order chi connectivity index (χ1) is 15.4. The summed E-state index contributed by atoms with van der Waals surface area (Å²) in [6, 6.07) is 7.89. The van der Waals surface area contributed by atoms with Gasteiger partial charge in [-0.1, -0.05) is 46.8 Å². The van der Waals surface area contributed by atoms with Crippen LogP contribution >= 0.6 is 8.03 Å². The zero-order chi connectivity index (χ0) is 24.9. The van der Waals surface area contributed by atoms with Crippen LogP contribution in [0.15, 0.2) is 30.3 Å². The number of hydrogen-bond donors (Lipinski definition) is 1. The van der Waals surface area contributed by atoms with Gasteiger partial charge in [0.1, 0.15) is 5.82 Å². The number of esters is 1. The van der Waals surface area contributed by atoms with E-state index >= 15 is 0 Å². The number of carbonyl (C=O) groups excluding carboxylic acids is 1. The summed E-state index contributed by atoms with van der Waals surface area (Å²) in [5.41, 5.74) is 2.11. The molecule has 2 rings (SSSR count). The molecule has 0 fully saturated rings. The number of aliphatic hydroxyl groups is 1. The molecule has 8 heteroatoms. The smallest absolute Gasteiger partial charge is 0.308 e. The number of ether oxygens (including phenoxy) is 1. The van der Waals surface area contributed by atoms with Crippen LogP contribution in [0.2, 0.25) is 0 Å². The second-order valence-corrected chi connectivity index (χ2v) is 11.0. The third kappa shape index (κ3) is 6.72. The minimum absolute atomic E-state index is 0.0783. The molecule has 1 aromatic carbocycles. The van der Waals surface area contributed by atoms with Crippen LogP contribution in [0.25, 0.3) is 11.1 Å². The number of rotatable bonds is 9. The van der Waals surface area contributed by atoms with Crippen molar-refractivity contribution in [2.24, 2.45) is 0 Å². The molecule has 0 amide bonds. The Morgan fingerprint density at radius 3 is 2.30 bits per heavy atom. The minimum Gasteiger partial charge on any atom is -0.466 e. The van der Waals surface area contributed by atoms with E-state index in [0.717, 1.165) is 5.69 Å². The number of halogens is 1. The number of hydrogen-bond acceptors (Lipinski definition) is 6. The molecule has 0 aliphatic rings. The topological polar surface area (TPSA) is 85.7 Å². The fourth-order valence-electron chi connectivity index (χ4n) is 3.70. The standard InChI is InChI=1S/C25H35FNO5P/c1-8-32-21(29)14-19(28)24(33(30)31-7)22-18(16-9-11-17(26)12-10-16)13-20(25(4,5)6)27-23(22)15(2)3/h9-13,15,19,24,28,33H,8,14H2,1-7H3. The summed E-state index contributed by atoms with van der Waals surface area (Å²) in [5.74, 6) is -1.04. The predicted octanol–water partition coefficient (Wildman–Crippen LogP) is 5.78. The highest BCUT2D eigenvalue weighted by atomic mass is 31.1. The molecular weight excluding hydrogens is 444 g/mol. The summed E-state index contributed by atoms with van der Waals surface area (Å²) in [6.07, 6.45) is -1.64. The molecule has 2 aromatic rings. The molecule has 0 aliphatic carbocycles. The molecule has 0 saturated heterocycles. The van der Waals surface area contributed by atoms with Gasteiger partial charge in [-0.2, -0.15) is 0 Å². The Morgan fingerprint density at radius 2 is 1.82 bits per heavy atom. The predicted molar refractivity (Wildman–Crippen MR) is 128 cm³/mol. The molecule has 1 aromatic heterocycles. The van der Waals surface area contributed by atoms with E-state index in [2.05, 4.69) is 0 Å². The molecule has 0 radical (unpaired) electrons. The summed E-state index contributed by atoms with van der Waals surface area (Å²) in [7, 11) is -1.53. The number of pyridine rings is 1. The van der Waals surface area contributed by atoms with E-state index in [-0.39, 0.29) is 30.2 Å². The summed E-state index contributed by atoms with van der Waals surface area (Å²) in [5, 5.41) is 11.1. The second kappa shape index (κ2) is 11.4. The van der Waals surface area contributed by atoms with Crippen molar-refractivity contribution >= 4 is 14.0 Å². The highest BCUT2D eigenvalue weighted by molar-refractivity contribution is 7.39. The van der Waals surface area contributed by atoms with Gasteiger partial charge in [-0.25, -0.2) is 4.39 Å². The Labute approximate surface area is 196 Å². The van der Waals surface area contributed by atoms with Gasteiger partial charge in [0, 0.05) is 23.9 Å². The third-order valence-electron chi connectivity index (χ3n) is 5.39.